The van der Waals surface area contributed by atoms with Crippen molar-refractivity contribution in [1.29, 1.82) is 0 Å². The topological polar surface area (TPSA) is 50.3 Å². The minimum atomic E-state index is 0. The number of rotatable bonds is 14. The van der Waals surface area contributed by atoms with Crippen molar-refractivity contribution < 1.29 is 4.74 Å². The van der Waals surface area contributed by atoms with Gasteiger partial charge in [0.2, 0.25) is 0 Å². The Hall–Kier alpha value is -1.40. The number of hydrogen-bond acceptors (Lipinski definition) is 5. The average Bonchev–Trinajstić information content (AvgIpc) is 2.70. The molecule has 0 saturated carbocycles. The van der Waals surface area contributed by atoms with Gasteiger partial charge in [-0.2, -0.15) is 0 Å². The highest BCUT2D eigenvalue weighted by Gasteiger charge is 2.04. The quantitative estimate of drug-likeness (QED) is 0.391. The van der Waals surface area contributed by atoms with Crippen molar-refractivity contribution >= 4 is 24.8 Å². The SMILES string of the molecule is CCCCN(CCCC)CCCNCc1cccc(Oc2ncccn2)c1.Cl.Cl. The van der Waals surface area contributed by atoms with Gasteiger partial charge in [-0.15, -0.1) is 24.8 Å². The Morgan fingerprint density at radius 2 is 1.55 bits per heavy atom. The zero-order chi connectivity index (χ0) is 19.2. The normalized spacial score (nSPS) is 10.3. The maximum atomic E-state index is 5.70. The van der Waals surface area contributed by atoms with Crippen molar-refractivity contribution in [3.05, 3.63) is 48.3 Å². The van der Waals surface area contributed by atoms with E-state index in [4.69, 9.17) is 4.74 Å². The summed E-state index contributed by atoms with van der Waals surface area (Å²) in [4.78, 5) is 10.8. The van der Waals surface area contributed by atoms with Gasteiger partial charge >= 0.3 is 6.01 Å². The third-order valence-corrected chi connectivity index (χ3v) is 4.46. The summed E-state index contributed by atoms with van der Waals surface area (Å²) < 4.78 is 5.70. The molecule has 0 amide bonds. The molecule has 2 aromatic rings. The molecule has 1 N–H and O–H groups in total. The van der Waals surface area contributed by atoms with Gasteiger partial charge in [0.15, 0.2) is 0 Å². The summed E-state index contributed by atoms with van der Waals surface area (Å²) in [7, 11) is 0. The number of nitrogens with zero attached hydrogens (tertiary/aromatic N) is 3. The molecule has 0 atom stereocenters. The van der Waals surface area contributed by atoms with Crippen LogP contribution in [-0.2, 0) is 6.54 Å². The van der Waals surface area contributed by atoms with Crippen LogP contribution >= 0.6 is 24.8 Å². The Kier molecular flexibility index (Phi) is 16.6. The first-order valence-electron chi connectivity index (χ1n) is 10.3. The van der Waals surface area contributed by atoms with E-state index in [1.165, 1.54) is 57.3 Å². The molecule has 0 radical (unpaired) electrons. The number of ether oxygens (including phenoxy) is 1. The fourth-order valence-corrected chi connectivity index (χ4v) is 2.92. The van der Waals surface area contributed by atoms with Crippen molar-refractivity contribution in [2.24, 2.45) is 0 Å². The van der Waals surface area contributed by atoms with E-state index >= 15 is 0 Å². The van der Waals surface area contributed by atoms with Crippen molar-refractivity contribution in [1.82, 2.24) is 20.2 Å². The van der Waals surface area contributed by atoms with Gasteiger partial charge in [0.25, 0.3) is 0 Å². The fraction of sp³-hybridized carbons (Fsp3) is 0.545. The maximum Gasteiger partial charge on any atom is 0.321 e. The summed E-state index contributed by atoms with van der Waals surface area (Å²) in [6, 6.07) is 10.2. The third-order valence-electron chi connectivity index (χ3n) is 4.46. The van der Waals surface area contributed by atoms with Crippen molar-refractivity contribution in [3.8, 4) is 11.8 Å². The highest BCUT2D eigenvalue weighted by atomic mass is 35.5. The van der Waals surface area contributed by atoms with Crippen molar-refractivity contribution in [3.63, 3.8) is 0 Å². The predicted octanol–water partition coefficient (Wildman–Crippen LogP) is 5.49. The molecular formula is C22H36Cl2N4O. The van der Waals surface area contributed by atoms with E-state index in [1.54, 1.807) is 18.5 Å². The first-order valence-corrected chi connectivity index (χ1v) is 10.3. The molecule has 0 bridgehead atoms. The zero-order valence-corrected chi connectivity index (χ0v) is 19.3. The van der Waals surface area contributed by atoms with Crippen LogP contribution in [0.15, 0.2) is 42.7 Å². The molecule has 2 rings (SSSR count). The maximum absolute atomic E-state index is 5.70. The van der Waals surface area contributed by atoms with Gasteiger partial charge in [0.05, 0.1) is 0 Å². The monoisotopic (exact) mass is 442 g/mol. The van der Waals surface area contributed by atoms with E-state index in [9.17, 15) is 0 Å². The van der Waals surface area contributed by atoms with Crippen LogP contribution in [0.2, 0.25) is 0 Å². The molecule has 0 fully saturated rings. The predicted molar refractivity (Wildman–Crippen MR) is 126 cm³/mol. The summed E-state index contributed by atoms with van der Waals surface area (Å²) in [5.41, 5.74) is 1.21. The second-order valence-corrected chi connectivity index (χ2v) is 6.86. The van der Waals surface area contributed by atoms with Crippen LogP contribution < -0.4 is 10.1 Å². The minimum absolute atomic E-state index is 0. The van der Waals surface area contributed by atoms with Gasteiger partial charge in [-0.25, -0.2) is 9.97 Å². The standard InChI is InChI=1S/C22H34N4O.2ClH/c1-3-5-15-26(16-6-4-2)17-9-12-23-19-20-10-7-11-21(18-20)27-22-24-13-8-14-25-22;;/h7-8,10-11,13-14,18,23H,3-6,9,12,15-17,19H2,1-2H3;2*1H. The van der Waals surface area contributed by atoms with Crippen molar-refractivity contribution in [2.75, 3.05) is 26.2 Å². The summed E-state index contributed by atoms with van der Waals surface area (Å²) >= 11 is 0. The lowest BCUT2D eigenvalue weighted by molar-refractivity contribution is 0.261. The summed E-state index contributed by atoms with van der Waals surface area (Å²) in [6.07, 6.45) is 9.68. The van der Waals surface area contributed by atoms with Gasteiger partial charge < -0.3 is 15.0 Å². The fourth-order valence-electron chi connectivity index (χ4n) is 2.92. The average molecular weight is 443 g/mol. The van der Waals surface area contributed by atoms with Crippen LogP contribution in [0, 0.1) is 0 Å². The van der Waals surface area contributed by atoms with Crippen LogP contribution in [0.1, 0.15) is 51.5 Å². The molecule has 164 valence electrons. The Labute approximate surface area is 188 Å². The van der Waals surface area contributed by atoms with Gasteiger partial charge in [-0.05, 0) is 69.2 Å². The Morgan fingerprint density at radius 1 is 0.897 bits per heavy atom. The molecule has 1 heterocycles. The Balaban J connectivity index is 0.00000392. The minimum Gasteiger partial charge on any atom is -0.424 e. The molecule has 0 aliphatic carbocycles. The molecule has 0 aliphatic heterocycles. The largest absolute Gasteiger partial charge is 0.424 e. The molecular weight excluding hydrogens is 407 g/mol. The van der Waals surface area contributed by atoms with Crippen LogP contribution in [0.25, 0.3) is 0 Å². The van der Waals surface area contributed by atoms with E-state index in [1.807, 2.05) is 18.2 Å². The van der Waals surface area contributed by atoms with E-state index in [-0.39, 0.29) is 24.8 Å². The molecule has 1 aromatic carbocycles. The van der Waals surface area contributed by atoms with Gasteiger partial charge in [-0.3, -0.25) is 0 Å². The highest BCUT2D eigenvalue weighted by Crippen LogP contribution is 2.18. The molecule has 0 aliphatic rings. The highest BCUT2D eigenvalue weighted by molar-refractivity contribution is 5.85. The Morgan fingerprint density at radius 3 is 2.21 bits per heavy atom. The number of aromatic nitrogens is 2. The van der Waals surface area contributed by atoms with Gasteiger partial charge in [0.1, 0.15) is 5.75 Å². The number of benzene rings is 1. The van der Waals surface area contributed by atoms with Crippen LogP contribution in [-0.4, -0.2) is 41.0 Å². The van der Waals surface area contributed by atoms with Crippen LogP contribution in [0.5, 0.6) is 11.8 Å². The summed E-state index contributed by atoms with van der Waals surface area (Å²) in [5, 5.41) is 3.55. The molecule has 7 heteroatoms. The second kappa shape index (κ2) is 17.5. The van der Waals surface area contributed by atoms with E-state index in [2.05, 4.69) is 40.1 Å². The second-order valence-electron chi connectivity index (χ2n) is 6.86. The molecule has 5 nitrogen and oxygen atoms in total. The molecule has 0 spiro atoms. The Bertz CT molecular complexity index is 623. The van der Waals surface area contributed by atoms with Crippen LogP contribution in [0.4, 0.5) is 0 Å². The number of unbranched alkanes of at least 4 members (excludes halogenated alkanes) is 2. The lowest BCUT2D eigenvalue weighted by Gasteiger charge is -2.22. The number of nitrogens with one attached hydrogen (secondary N) is 1. The molecule has 0 unspecified atom stereocenters. The summed E-state index contributed by atoms with van der Waals surface area (Å²) in [6.45, 7) is 10.1. The van der Waals surface area contributed by atoms with E-state index < -0.39 is 0 Å². The van der Waals surface area contributed by atoms with Crippen molar-refractivity contribution in [2.45, 2.75) is 52.5 Å². The molecule has 29 heavy (non-hydrogen) atoms. The van der Waals surface area contributed by atoms with Gasteiger partial charge in [-0.1, -0.05) is 38.8 Å². The zero-order valence-electron chi connectivity index (χ0n) is 17.7. The lowest BCUT2D eigenvalue weighted by atomic mass is 10.2. The smallest absolute Gasteiger partial charge is 0.321 e. The molecule has 0 saturated heterocycles. The summed E-state index contributed by atoms with van der Waals surface area (Å²) in [5.74, 6) is 0.769. The van der Waals surface area contributed by atoms with E-state index in [0.29, 0.717) is 6.01 Å². The third kappa shape index (κ3) is 12.0. The molecule has 1 aromatic heterocycles. The number of halogens is 2. The van der Waals surface area contributed by atoms with E-state index in [0.717, 1.165) is 18.8 Å². The first kappa shape index (κ1) is 27.6. The first-order chi connectivity index (χ1) is 13.3. The number of hydrogen-bond donors (Lipinski definition) is 1. The van der Waals surface area contributed by atoms with Crippen LogP contribution in [0.3, 0.4) is 0 Å². The lowest BCUT2D eigenvalue weighted by Crippen LogP contribution is -2.29. The van der Waals surface area contributed by atoms with Gasteiger partial charge in [0, 0.05) is 18.9 Å².